The van der Waals surface area contributed by atoms with Gasteiger partial charge in [-0.25, -0.2) is 0 Å². The van der Waals surface area contributed by atoms with Crippen LogP contribution in [0.1, 0.15) is 56.5 Å². The zero-order valence-corrected chi connectivity index (χ0v) is 17.3. The maximum absolute atomic E-state index is 12.3. The molecule has 0 saturated heterocycles. The van der Waals surface area contributed by atoms with Gasteiger partial charge in [-0.15, -0.1) is 0 Å². The highest BCUT2D eigenvalue weighted by Gasteiger charge is 2.17. The Balaban J connectivity index is 1.86. The van der Waals surface area contributed by atoms with Crippen LogP contribution in [0.15, 0.2) is 42.5 Å². The molecule has 1 N–H and O–H groups in total. The number of hydrogen-bond donors (Lipinski definition) is 1. The van der Waals surface area contributed by atoms with Gasteiger partial charge in [0.2, 0.25) is 5.91 Å². The van der Waals surface area contributed by atoms with Crippen LogP contribution in [-0.4, -0.2) is 25.4 Å². The maximum atomic E-state index is 12.3. The standard InChI is InChI=1S/C23H29NO4/c1-16(25)17-8-11-19(12-9-17)28-14-6-7-22(26)24-20-15-18(23(2,3)4)10-13-21(20)27-5/h8-13,15H,6-7,14H2,1-5H3,(H,24,26). The number of ketones is 1. The van der Waals surface area contributed by atoms with E-state index in [1.54, 1.807) is 31.4 Å². The van der Waals surface area contributed by atoms with Gasteiger partial charge in [-0.05, 0) is 60.7 Å². The van der Waals surface area contributed by atoms with Gasteiger partial charge in [0.05, 0.1) is 19.4 Å². The van der Waals surface area contributed by atoms with Gasteiger partial charge in [-0.1, -0.05) is 26.8 Å². The average molecular weight is 383 g/mol. The second-order valence-corrected chi connectivity index (χ2v) is 7.75. The van der Waals surface area contributed by atoms with Gasteiger partial charge in [-0.3, -0.25) is 9.59 Å². The van der Waals surface area contributed by atoms with Gasteiger partial charge < -0.3 is 14.8 Å². The number of carbonyl (C=O) groups excluding carboxylic acids is 2. The molecular formula is C23H29NO4. The fourth-order valence-electron chi connectivity index (χ4n) is 2.69. The number of anilines is 1. The summed E-state index contributed by atoms with van der Waals surface area (Å²) < 4.78 is 11.0. The Bertz CT molecular complexity index is 819. The molecular weight excluding hydrogens is 354 g/mol. The zero-order chi connectivity index (χ0) is 20.7. The minimum absolute atomic E-state index is 0.0163. The van der Waals surface area contributed by atoms with E-state index in [2.05, 4.69) is 26.1 Å². The Morgan fingerprint density at radius 2 is 1.71 bits per heavy atom. The fourth-order valence-corrected chi connectivity index (χ4v) is 2.69. The van der Waals surface area contributed by atoms with Crippen LogP contribution in [0.25, 0.3) is 0 Å². The van der Waals surface area contributed by atoms with Crippen LogP contribution in [0.4, 0.5) is 5.69 Å². The summed E-state index contributed by atoms with van der Waals surface area (Å²) in [5.74, 6) is 1.27. The number of ether oxygens (including phenoxy) is 2. The SMILES string of the molecule is COc1ccc(C(C)(C)C)cc1NC(=O)CCCOc1ccc(C(C)=O)cc1. The summed E-state index contributed by atoms with van der Waals surface area (Å²) in [5, 5.41) is 2.94. The number of carbonyl (C=O) groups is 2. The molecule has 0 spiro atoms. The molecule has 2 aromatic rings. The molecule has 0 unspecified atom stereocenters. The van der Waals surface area contributed by atoms with Crippen LogP contribution in [-0.2, 0) is 10.2 Å². The van der Waals surface area contributed by atoms with Gasteiger partial charge in [0, 0.05) is 12.0 Å². The number of hydrogen-bond acceptors (Lipinski definition) is 4. The molecule has 0 atom stereocenters. The minimum Gasteiger partial charge on any atom is -0.495 e. The molecule has 1 amide bonds. The largest absolute Gasteiger partial charge is 0.495 e. The van der Waals surface area contributed by atoms with Crippen molar-refractivity contribution in [2.45, 2.75) is 46.0 Å². The lowest BCUT2D eigenvalue weighted by Crippen LogP contribution is -2.16. The number of Topliss-reactive ketones (excluding diaryl/α,β-unsaturated/α-hetero) is 1. The summed E-state index contributed by atoms with van der Waals surface area (Å²) >= 11 is 0. The van der Waals surface area contributed by atoms with Crippen LogP contribution in [0, 0.1) is 0 Å². The molecule has 0 aliphatic rings. The van der Waals surface area contributed by atoms with Crippen LogP contribution >= 0.6 is 0 Å². The highest BCUT2D eigenvalue weighted by molar-refractivity contribution is 5.94. The van der Waals surface area contributed by atoms with Crippen LogP contribution in [0.5, 0.6) is 11.5 Å². The number of rotatable bonds is 8. The Labute approximate surface area is 167 Å². The molecule has 0 radical (unpaired) electrons. The first-order chi connectivity index (χ1) is 13.2. The van der Waals surface area contributed by atoms with E-state index in [4.69, 9.17) is 9.47 Å². The van der Waals surface area contributed by atoms with E-state index in [1.165, 1.54) is 6.92 Å². The fraction of sp³-hybridized carbons (Fsp3) is 0.391. The molecule has 5 heteroatoms. The summed E-state index contributed by atoms with van der Waals surface area (Å²) in [7, 11) is 1.59. The van der Waals surface area contributed by atoms with Gasteiger partial charge in [0.1, 0.15) is 11.5 Å². The number of nitrogens with one attached hydrogen (secondary N) is 1. The molecule has 28 heavy (non-hydrogen) atoms. The lowest BCUT2D eigenvalue weighted by molar-refractivity contribution is -0.116. The van der Waals surface area contributed by atoms with Crippen molar-refractivity contribution in [3.8, 4) is 11.5 Å². The third kappa shape index (κ3) is 6.12. The van der Waals surface area contributed by atoms with E-state index >= 15 is 0 Å². The van der Waals surface area contributed by atoms with Crippen molar-refractivity contribution in [3.63, 3.8) is 0 Å². The molecule has 0 bridgehead atoms. The van der Waals surface area contributed by atoms with E-state index < -0.39 is 0 Å². The topological polar surface area (TPSA) is 64.6 Å². The van der Waals surface area contributed by atoms with E-state index in [0.717, 1.165) is 5.56 Å². The molecule has 0 heterocycles. The highest BCUT2D eigenvalue weighted by atomic mass is 16.5. The monoisotopic (exact) mass is 383 g/mol. The molecule has 2 aromatic carbocycles. The third-order valence-corrected chi connectivity index (χ3v) is 4.42. The maximum Gasteiger partial charge on any atom is 0.224 e. The van der Waals surface area contributed by atoms with Crippen LogP contribution in [0.3, 0.4) is 0 Å². The zero-order valence-electron chi connectivity index (χ0n) is 17.3. The van der Waals surface area contributed by atoms with E-state index in [-0.39, 0.29) is 17.1 Å². The smallest absolute Gasteiger partial charge is 0.224 e. The van der Waals surface area contributed by atoms with Crippen LogP contribution in [0.2, 0.25) is 0 Å². The van der Waals surface area contributed by atoms with Crippen molar-refractivity contribution >= 4 is 17.4 Å². The van der Waals surface area contributed by atoms with Crippen molar-refractivity contribution in [3.05, 3.63) is 53.6 Å². The Morgan fingerprint density at radius 3 is 2.29 bits per heavy atom. The summed E-state index contributed by atoms with van der Waals surface area (Å²) in [4.78, 5) is 23.6. The quantitative estimate of drug-likeness (QED) is 0.515. The molecule has 0 aromatic heterocycles. The Kier molecular flexibility index (Phi) is 7.21. The summed E-state index contributed by atoms with van der Waals surface area (Å²) in [6.07, 6.45) is 0.927. The van der Waals surface area contributed by atoms with Crippen LogP contribution < -0.4 is 14.8 Å². The van der Waals surface area contributed by atoms with Crippen molar-refractivity contribution in [2.75, 3.05) is 19.0 Å². The average Bonchev–Trinajstić information content (AvgIpc) is 2.65. The second kappa shape index (κ2) is 9.40. The normalized spacial score (nSPS) is 11.0. The highest BCUT2D eigenvalue weighted by Crippen LogP contribution is 2.31. The van der Waals surface area contributed by atoms with Gasteiger partial charge >= 0.3 is 0 Å². The first kappa shape index (κ1) is 21.5. The van der Waals surface area contributed by atoms with Crippen molar-refractivity contribution < 1.29 is 19.1 Å². The molecule has 0 aliphatic heterocycles. The summed E-state index contributed by atoms with van der Waals surface area (Å²) in [6, 6.07) is 12.9. The number of amides is 1. The van der Waals surface area contributed by atoms with Gasteiger partial charge in [0.25, 0.3) is 0 Å². The first-order valence-corrected chi connectivity index (χ1v) is 9.43. The van der Waals surface area contributed by atoms with Crippen molar-refractivity contribution in [2.24, 2.45) is 0 Å². The summed E-state index contributed by atoms with van der Waals surface area (Å²) in [5.41, 5.74) is 2.44. The van der Waals surface area contributed by atoms with Crippen molar-refractivity contribution in [1.29, 1.82) is 0 Å². The predicted molar refractivity (Wildman–Crippen MR) is 111 cm³/mol. The number of benzene rings is 2. The molecule has 0 saturated carbocycles. The van der Waals surface area contributed by atoms with E-state index in [0.29, 0.717) is 42.2 Å². The van der Waals surface area contributed by atoms with Crippen molar-refractivity contribution in [1.82, 2.24) is 0 Å². The summed E-state index contributed by atoms with van der Waals surface area (Å²) in [6.45, 7) is 8.33. The Morgan fingerprint density at radius 1 is 1.04 bits per heavy atom. The second-order valence-electron chi connectivity index (χ2n) is 7.75. The lowest BCUT2D eigenvalue weighted by atomic mass is 9.87. The first-order valence-electron chi connectivity index (χ1n) is 9.43. The predicted octanol–water partition coefficient (Wildman–Crippen LogP) is 4.99. The number of methoxy groups -OCH3 is 1. The lowest BCUT2D eigenvalue weighted by Gasteiger charge is -2.21. The third-order valence-electron chi connectivity index (χ3n) is 4.42. The van der Waals surface area contributed by atoms with Gasteiger partial charge in [0.15, 0.2) is 5.78 Å². The van der Waals surface area contributed by atoms with E-state index in [1.807, 2.05) is 18.2 Å². The molecule has 2 rings (SSSR count). The molecule has 0 fully saturated rings. The van der Waals surface area contributed by atoms with Gasteiger partial charge in [-0.2, -0.15) is 0 Å². The molecule has 150 valence electrons. The molecule has 5 nitrogen and oxygen atoms in total. The minimum atomic E-state index is -0.0834. The Hall–Kier alpha value is -2.82. The van der Waals surface area contributed by atoms with E-state index in [9.17, 15) is 9.59 Å². The molecule has 0 aliphatic carbocycles.